The van der Waals surface area contributed by atoms with Crippen molar-refractivity contribution in [1.29, 1.82) is 5.26 Å². The lowest BCUT2D eigenvalue weighted by Crippen LogP contribution is -2.12. The first-order valence-electron chi connectivity index (χ1n) is 4.74. The number of aromatic nitrogens is 1. The Morgan fingerprint density at radius 1 is 1.47 bits per heavy atom. The Kier molecular flexibility index (Phi) is 3.85. The summed E-state index contributed by atoms with van der Waals surface area (Å²) in [7, 11) is 0. The predicted molar refractivity (Wildman–Crippen MR) is 58.8 cm³/mol. The molecule has 0 aliphatic carbocycles. The van der Waals surface area contributed by atoms with Gasteiger partial charge >= 0.3 is 0 Å². The molecule has 0 unspecified atom stereocenters. The summed E-state index contributed by atoms with van der Waals surface area (Å²) in [4.78, 5) is 3.96. The number of nitrogens with two attached hydrogens (primary N) is 1. The minimum Gasteiger partial charge on any atom is -0.327 e. The Morgan fingerprint density at radius 2 is 2.13 bits per heavy atom. The normalized spacial score (nSPS) is 11.1. The molecule has 1 rings (SSSR count). The molecule has 0 amide bonds. The number of nitriles is 1. The predicted octanol–water partition coefficient (Wildman–Crippen LogP) is 1.35. The summed E-state index contributed by atoms with van der Waals surface area (Å²) in [5.41, 5.74) is 7.83. The van der Waals surface area contributed by atoms with E-state index in [9.17, 15) is 0 Å². The van der Waals surface area contributed by atoms with Crippen LogP contribution in [0.5, 0.6) is 0 Å². The van der Waals surface area contributed by atoms with Crippen LogP contribution >= 0.6 is 0 Å². The standard InChI is InChI=1S/C12H13N3/c1-9(14)4-3-5-11-7-15-8-12(6-13)10(11)2/h7-9H,4,14H2,1-2H3/t9-/m0/s1. The zero-order chi connectivity index (χ0) is 11.3. The summed E-state index contributed by atoms with van der Waals surface area (Å²) in [6, 6.07) is 2.15. The second kappa shape index (κ2) is 5.14. The number of rotatable bonds is 1. The molecule has 0 bridgehead atoms. The molecule has 0 fully saturated rings. The number of hydrogen-bond acceptors (Lipinski definition) is 3. The van der Waals surface area contributed by atoms with Gasteiger partial charge in [-0.2, -0.15) is 5.26 Å². The fraction of sp³-hybridized carbons (Fsp3) is 0.333. The lowest BCUT2D eigenvalue weighted by molar-refractivity contribution is 0.771. The van der Waals surface area contributed by atoms with E-state index in [1.807, 2.05) is 13.8 Å². The van der Waals surface area contributed by atoms with Gasteiger partial charge in [0.05, 0.1) is 5.56 Å². The molecular formula is C12H13N3. The van der Waals surface area contributed by atoms with E-state index in [1.54, 1.807) is 12.4 Å². The molecule has 0 aliphatic rings. The van der Waals surface area contributed by atoms with Crippen LogP contribution in [0.2, 0.25) is 0 Å². The highest BCUT2D eigenvalue weighted by Gasteiger charge is 2.00. The van der Waals surface area contributed by atoms with Gasteiger partial charge in [-0.15, -0.1) is 0 Å². The van der Waals surface area contributed by atoms with Crippen molar-refractivity contribution in [3.63, 3.8) is 0 Å². The largest absolute Gasteiger partial charge is 0.327 e. The lowest BCUT2D eigenvalue weighted by Gasteiger charge is -1.99. The van der Waals surface area contributed by atoms with E-state index in [1.165, 1.54) is 0 Å². The van der Waals surface area contributed by atoms with E-state index >= 15 is 0 Å². The first-order valence-corrected chi connectivity index (χ1v) is 4.74. The molecule has 1 atom stereocenters. The second-order valence-corrected chi connectivity index (χ2v) is 3.45. The molecule has 0 radical (unpaired) electrons. The van der Waals surface area contributed by atoms with Crippen LogP contribution in [0, 0.1) is 30.1 Å². The molecule has 3 nitrogen and oxygen atoms in total. The van der Waals surface area contributed by atoms with E-state index in [-0.39, 0.29) is 6.04 Å². The number of hydrogen-bond donors (Lipinski definition) is 1. The Morgan fingerprint density at radius 3 is 2.73 bits per heavy atom. The average molecular weight is 199 g/mol. The van der Waals surface area contributed by atoms with E-state index < -0.39 is 0 Å². The summed E-state index contributed by atoms with van der Waals surface area (Å²) < 4.78 is 0. The first kappa shape index (κ1) is 11.2. The van der Waals surface area contributed by atoms with Gasteiger partial charge in [0, 0.05) is 30.4 Å². The third kappa shape index (κ3) is 3.09. The van der Waals surface area contributed by atoms with Crippen LogP contribution in [0.4, 0.5) is 0 Å². The van der Waals surface area contributed by atoms with Crippen LogP contribution in [-0.2, 0) is 0 Å². The Labute approximate surface area is 89.9 Å². The van der Waals surface area contributed by atoms with Crippen molar-refractivity contribution in [2.75, 3.05) is 0 Å². The lowest BCUT2D eigenvalue weighted by atomic mass is 10.1. The topological polar surface area (TPSA) is 62.7 Å². The molecule has 1 aromatic heterocycles. The van der Waals surface area contributed by atoms with Crippen molar-refractivity contribution in [3.05, 3.63) is 29.1 Å². The summed E-state index contributed by atoms with van der Waals surface area (Å²) in [5.74, 6) is 5.94. The first-order chi connectivity index (χ1) is 7.15. The molecule has 0 spiro atoms. The van der Waals surface area contributed by atoms with Crippen molar-refractivity contribution in [2.45, 2.75) is 26.3 Å². The monoisotopic (exact) mass is 199 g/mol. The molecule has 0 aromatic carbocycles. The van der Waals surface area contributed by atoms with Gasteiger partial charge in [-0.3, -0.25) is 4.98 Å². The molecule has 15 heavy (non-hydrogen) atoms. The molecular weight excluding hydrogens is 186 g/mol. The maximum Gasteiger partial charge on any atom is 0.101 e. The molecule has 3 heteroatoms. The van der Waals surface area contributed by atoms with Gasteiger partial charge in [0.15, 0.2) is 0 Å². The molecule has 1 aromatic rings. The Hall–Kier alpha value is -1.84. The third-order valence-electron chi connectivity index (χ3n) is 1.98. The van der Waals surface area contributed by atoms with Crippen molar-refractivity contribution < 1.29 is 0 Å². The van der Waals surface area contributed by atoms with Gasteiger partial charge in [0.1, 0.15) is 6.07 Å². The van der Waals surface area contributed by atoms with Crippen molar-refractivity contribution in [3.8, 4) is 17.9 Å². The number of nitrogens with zero attached hydrogens (tertiary/aromatic N) is 2. The van der Waals surface area contributed by atoms with Gasteiger partial charge < -0.3 is 5.73 Å². The van der Waals surface area contributed by atoms with Gasteiger partial charge in [-0.25, -0.2) is 0 Å². The van der Waals surface area contributed by atoms with Crippen LogP contribution in [0.1, 0.15) is 30.0 Å². The quantitative estimate of drug-likeness (QED) is 0.694. The molecule has 0 saturated heterocycles. The van der Waals surface area contributed by atoms with E-state index in [4.69, 9.17) is 11.0 Å². The van der Waals surface area contributed by atoms with E-state index in [0.29, 0.717) is 12.0 Å². The smallest absolute Gasteiger partial charge is 0.101 e. The zero-order valence-corrected chi connectivity index (χ0v) is 8.91. The Bertz CT molecular complexity index is 444. The zero-order valence-electron chi connectivity index (χ0n) is 8.91. The van der Waals surface area contributed by atoms with E-state index in [0.717, 1.165) is 11.1 Å². The maximum atomic E-state index is 8.80. The molecule has 76 valence electrons. The van der Waals surface area contributed by atoms with Gasteiger partial charge in [-0.05, 0) is 19.4 Å². The van der Waals surface area contributed by atoms with Crippen LogP contribution in [-0.4, -0.2) is 11.0 Å². The average Bonchev–Trinajstić information content (AvgIpc) is 2.20. The fourth-order valence-corrected chi connectivity index (χ4v) is 1.07. The minimum absolute atomic E-state index is 0.0740. The highest BCUT2D eigenvalue weighted by Crippen LogP contribution is 2.09. The highest BCUT2D eigenvalue weighted by atomic mass is 14.6. The summed E-state index contributed by atoms with van der Waals surface area (Å²) >= 11 is 0. The summed E-state index contributed by atoms with van der Waals surface area (Å²) in [6.07, 6.45) is 3.87. The fourth-order valence-electron chi connectivity index (χ4n) is 1.07. The van der Waals surface area contributed by atoms with E-state index in [2.05, 4.69) is 22.9 Å². The highest BCUT2D eigenvalue weighted by molar-refractivity contribution is 5.46. The van der Waals surface area contributed by atoms with Crippen LogP contribution in [0.25, 0.3) is 0 Å². The summed E-state index contributed by atoms with van der Waals surface area (Å²) in [6.45, 7) is 3.78. The van der Waals surface area contributed by atoms with Crippen LogP contribution in [0.15, 0.2) is 12.4 Å². The van der Waals surface area contributed by atoms with Gasteiger partial charge in [0.2, 0.25) is 0 Å². The summed E-state index contributed by atoms with van der Waals surface area (Å²) in [5, 5.41) is 8.80. The van der Waals surface area contributed by atoms with Gasteiger partial charge in [0.25, 0.3) is 0 Å². The molecule has 1 heterocycles. The van der Waals surface area contributed by atoms with Crippen molar-refractivity contribution in [1.82, 2.24) is 4.98 Å². The molecule has 0 aliphatic heterocycles. The van der Waals surface area contributed by atoms with Crippen LogP contribution < -0.4 is 5.73 Å². The van der Waals surface area contributed by atoms with Crippen molar-refractivity contribution in [2.24, 2.45) is 5.73 Å². The second-order valence-electron chi connectivity index (χ2n) is 3.45. The Balaban J connectivity index is 2.95. The molecule has 2 N–H and O–H groups in total. The van der Waals surface area contributed by atoms with Gasteiger partial charge in [-0.1, -0.05) is 11.8 Å². The molecule has 0 saturated carbocycles. The maximum absolute atomic E-state index is 8.80. The van der Waals surface area contributed by atoms with Crippen molar-refractivity contribution >= 4 is 0 Å². The van der Waals surface area contributed by atoms with Crippen LogP contribution in [0.3, 0.4) is 0 Å². The third-order valence-corrected chi connectivity index (χ3v) is 1.98. The SMILES string of the molecule is Cc1c(C#N)cncc1C#CC[C@H](C)N. The minimum atomic E-state index is 0.0740. The number of pyridine rings is 1.